The maximum Gasteiger partial charge on any atom is 0.343 e. The Labute approximate surface area is 202 Å². The molecule has 2 aliphatic carbocycles. The van der Waals surface area contributed by atoms with Gasteiger partial charge >= 0.3 is 11.9 Å². The summed E-state index contributed by atoms with van der Waals surface area (Å²) in [5, 5.41) is 0. The van der Waals surface area contributed by atoms with Crippen molar-refractivity contribution in [3.8, 4) is 0 Å². The highest BCUT2D eigenvalue weighted by Gasteiger charge is 2.63. The standard InChI is InChI=1S/C27H27NO7/c1-26-9-6-18-25(32)35-20(17-8-11-33-14-17)13-27(18,2)22(26)21(29)19(7-10-26)34-24(31)16-5-3-4-15(12-16)23(28)30/h3-5,7-8,11-12,14,18,20,22H,6,9-10,13H2,1-2H3,(H2,28,30)/t18-,20-,22-,26-,27-/m0/s1. The molecule has 8 heteroatoms. The van der Waals surface area contributed by atoms with Crippen molar-refractivity contribution in [2.24, 2.45) is 28.4 Å². The second-order valence-electron chi connectivity index (χ2n) is 10.3. The van der Waals surface area contributed by atoms with Gasteiger partial charge in [0.15, 0.2) is 5.76 Å². The van der Waals surface area contributed by atoms with Gasteiger partial charge in [0.1, 0.15) is 6.10 Å². The Hall–Kier alpha value is -3.68. The third-order valence-corrected chi connectivity index (χ3v) is 8.08. The number of nitrogens with two attached hydrogens (primary N) is 1. The number of hydrogen-bond acceptors (Lipinski definition) is 7. The van der Waals surface area contributed by atoms with Gasteiger partial charge in [0.05, 0.1) is 24.0 Å². The Kier molecular flexibility index (Phi) is 5.42. The Morgan fingerprint density at radius 1 is 1.14 bits per heavy atom. The van der Waals surface area contributed by atoms with Crippen LogP contribution in [-0.2, 0) is 19.1 Å². The lowest BCUT2D eigenvalue weighted by Gasteiger charge is -2.58. The highest BCUT2D eigenvalue weighted by Crippen LogP contribution is 2.63. The zero-order chi connectivity index (χ0) is 25.0. The number of hydrogen-bond donors (Lipinski definition) is 1. The smallest absolute Gasteiger partial charge is 0.343 e. The SMILES string of the molecule is C[C@]12CC=C(OC(=O)c3cccc(C(N)=O)c3)C(=O)[C@@H]1[C@@]1(C)C[C@@H](c3ccoc3)OC(=O)[C@@H]1CC2. The van der Waals surface area contributed by atoms with Crippen LogP contribution in [-0.4, -0.2) is 23.6 Å². The summed E-state index contributed by atoms with van der Waals surface area (Å²) in [5.74, 6) is -2.98. The first-order valence-electron chi connectivity index (χ1n) is 11.7. The quantitative estimate of drug-likeness (QED) is 0.657. The molecule has 5 atom stereocenters. The van der Waals surface area contributed by atoms with Crippen molar-refractivity contribution in [3.63, 3.8) is 0 Å². The number of ether oxygens (including phenoxy) is 2. The summed E-state index contributed by atoms with van der Waals surface area (Å²) in [4.78, 5) is 51.3. The normalized spacial score (nSPS) is 32.1. The van der Waals surface area contributed by atoms with E-state index >= 15 is 0 Å². The van der Waals surface area contributed by atoms with E-state index in [9.17, 15) is 19.2 Å². The van der Waals surface area contributed by atoms with Gasteiger partial charge in [-0.1, -0.05) is 19.9 Å². The number of allylic oxidation sites excluding steroid dienone is 2. The second kappa shape index (κ2) is 8.22. The lowest BCUT2D eigenvalue weighted by Crippen LogP contribution is -2.58. The summed E-state index contributed by atoms with van der Waals surface area (Å²) >= 11 is 0. The van der Waals surface area contributed by atoms with Crippen LogP contribution in [0.5, 0.6) is 0 Å². The van der Waals surface area contributed by atoms with Crippen molar-refractivity contribution < 1.29 is 33.1 Å². The first kappa shape index (κ1) is 23.1. The topological polar surface area (TPSA) is 126 Å². The molecule has 1 saturated carbocycles. The number of cyclic esters (lactones) is 1. The van der Waals surface area contributed by atoms with Crippen LogP contribution in [0, 0.1) is 22.7 Å². The van der Waals surface area contributed by atoms with Crippen LogP contribution in [0.3, 0.4) is 0 Å². The molecular weight excluding hydrogens is 450 g/mol. The molecule has 3 aliphatic rings. The van der Waals surface area contributed by atoms with E-state index in [1.165, 1.54) is 30.5 Å². The average Bonchev–Trinajstić information content (AvgIpc) is 3.35. The van der Waals surface area contributed by atoms with Crippen molar-refractivity contribution >= 4 is 23.6 Å². The maximum absolute atomic E-state index is 13.9. The van der Waals surface area contributed by atoms with Gasteiger partial charge in [-0.25, -0.2) is 4.79 Å². The number of esters is 2. The lowest BCUT2D eigenvalue weighted by molar-refractivity contribution is -0.193. The van der Waals surface area contributed by atoms with E-state index in [0.29, 0.717) is 25.7 Å². The van der Waals surface area contributed by atoms with E-state index in [4.69, 9.17) is 19.6 Å². The number of carbonyl (C=O) groups excluding carboxylic acids is 4. The number of amides is 1. The summed E-state index contributed by atoms with van der Waals surface area (Å²) in [5.41, 5.74) is 5.31. The molecule has 0 unspecified atom stereocenters. The number of rotatable bonds is 4. The van der Waals surface area contributed by atoms with Crippen LogP contribution >= 0.6 is 0 Å². The number of furan rings is 1. The fourth-order valence-corrected chi connectivity index (χ4v) is 6.35. The molecule has 1 aromatic heterocycles. The molecule has 0 spiro atoms. The van der Waals surface area contributed by atoms with Crippen LogP contribution in [0.1, 0.15) is 71.9 Å². The van der Waals surface area contributed by atoms with Crippen molar-refractivity contribution in [1.82, 2.24) is 0 Å². The van der Waals surface area contributed by atoms with Gasteiger partial charge in [-0.05, 0) is 66.9 Å². The molecule has 5 rings (SSSR count). The third kappa shape index (κ3) is 3.77. The van der Waals surface area contributed by atoms with Gasteiger partial charge < -0.3 is 19.6 Å². The molecule has 35 heavy (non-hydrogen) atoms. The minimum absolute atomic E-state index is 0.0253. The molecule has 0 radical (unpaired) electrons. The predicted molar refractivity (Wildman–Crippen MR) is 123 cm³/mol. The molecule has 2 heterocycles. The van der Waals surface area contributed by atoms with E-state index in [2.05, 4.69) is 6.92 Å². The fourth-order valence-electron chi connectivity index (χ4n) is 6.35. The molecule has 2 aromatic rings. The molecule has 8 nitrogen and oxygen atoms in total. The van der Waals surface area contributed by atoms with E-state index in [0.717, 1.165) is 5.56 Å². The first-order chi connectivity index (χ1) is 16.6. The van der Waals surface area contributed by atoms with Crippen LogP contribution in [0.4, 0.5) is 0 Å². The summed E-state index contributed by atoms with van der Waals surface area (Å²) in [6, 6.07) is 7.63. The van der Waals surface area contributed by atoms with E-state index < -0.39 is 35.2 Å². The van der Waals surface area contributed by atoms with E-state index in [-0.39, 0.29) is 34.1 Å². The Balaban J connectivity index is 1.45. The van der Waals surface area contributed by atoms with Gasteiger partial charge in [-0.2, -0.15) is 0 Å². The van der Waals surface area contributed by atoms with Crippen molar-refractivity contribution in [1.29, 1.82) is 0 Å². The van der Waals surface area contributed by atoms with E-state index in [1.807, 2.05) is 6.92 Å². The Bertz CT molecular complexity index is 1250. The molecule has 2 N–H and O–H groups in total. The maximum atomic E-state index is 13.9. The molecule has 1 saturated heterocycles. The van der Waals surface area contributed by atoms with Gasteiger partial charge in [0, 0.05) is 17.0 Å². The Morgan fingerprint density at radius 2 is 1.91 bits per heavy atom. The second-order valence-corrected chi connectivity index (χ2v) is 10.3. The zero-order valence-electron chi connectivity index (χ0n) is 19.6. The summed E-state index contributed by atoms with van der Waals surface area (Å²) in [6.07, 6.45) is 6.59. The van der Waals surface area contributed by atoms with Crippen molar-refractivity contribution in [2.45, 2.75) is 45.6 Å². The molecule has 1 amide bonds. The van der Waals surface area contributed by atoms with Gasteiger partial charge in [0.25, 0.3) is 0 Å². The third-order valence-electron chi connectivity index (χ3n) is 8.08. The van der Waals surface area contributed by atoms with Crippen LogP contribution < -0.4 is 5.73 Å². The summed E-state index contributed by atoms with van der Waals surface area (Å²) in [7, 11) is 0. The zero-order valence-corrected chi connectivity index (χ0v) is 19.6. The van der Waals surface area contributed by atoms with Crippen LogP contribution in [0.25, 0.3) is 0 Å². The van der Waals surface area contributed by atoms with Crippen molar-refractivity contribution in [2.75, 3.05) is 0 Å². The van der Waals surface area contributed by atoms with Crippen molar-refractivity contribution in [3.05, 3.63) is 71.4 Å². The summed E-state index contributed by atoms with van der Waals surface area (Å²) in [6.45, 7) is 4.04. The highest BCUT2D eigenvalue weighted by molar-refractivity contribution is 6.03. The first-order valence-corrected chi connectivity index (χ1v) is 11.7. The molecule has 2 fully saturated rings. The van der Waals surface area contributed by atoms with Crippen LogP contribution in [0.15, 0.2) is 59.1 Å². The number of fused-ring (bicyclic) bond motifs is 3. The fraction of sp³-hybridized carbons (Fsp3) is 0.407. The monoisotopic (exact) mass is 477 g/mol. The average molecular weight is 478 g/mol. The van der Waals surface area contributed by atoms with Gasteiger partial charge in [-0.3, -0.25) is 14.4 Å². The number of ketones is 1. The molecule has 0 bridgehead atoms. The minimum atomic E-state index is -0.742. The van der Waals surface area contributed by atoms with Gasteiger partial charge in [-0.15, -0.1) is 0 Å². The van der Waals surface area contributed by atoms with Crippen LogP contribution in [0.2, 0.25) is 0 Å². The minimum Gasteiger partial charge on any atom is -0.472 e. The number of carbonyl (C=O) groups is 4. The number of Topliss-reactive ketones (excluding diaryl/α,β-unsaturated/α-hetero) is 1. The predicted octanol–water partition coefficient (Wildman–Crippen LogP) is 4.12. The lowest BCUT2D eigenvalue weighted by atomic mass is 9.46. The number of primary amides is 1. The molecular formula is C27H27NO7. The molecule has 182 valence electrons. The molecule has 1 aliphatic heterocycles. The Morgan fingerprint density at radius 3 is 2.63 bits per heavy atom. The number of benzene rings is 1. The largest absolute Gasteiger partial charge is 0.472 e. The van der Waals surface area contributed by atoms with Gasteiger partial charge in [0.2, 0.25) is 11.7 Å². The molecule has 1 aromatic carbocycles. The highest BCUT2D eigenvalue weighted by atomic mass is 16.5. The van der Waals surface area contributed by atoms with E-state index in [1.54, 1.807) is 18.4 Å². The summed E-state index contributed by atoms with van der Waals surface area (Å²) < 4.78 is 16.5.